The summed E-state index contributed by atoms with van der Waals surface area (Å²) in [4.78, 5) is 12.5. The number of ether oxygens (including phenoxy) is 1. The zero-order valence-corrected chi connectivity index (χ0v) is 15.2. The topological polar surface area (TPSA) is 68.2 Å². The van der Waals surface area contributed by atoms with Crippen molar-refractivity contribution in [2.75, 3.05) is 25.0 Å². The standard InChI is InChI=1S/C17H21BrN4O2/c1-2-24-16-10-12(18)5-6-14(16)20-17(23)15-7-9-22(21-15)13-4-3-8-19-11-13/h5-7,9-10,13,19H,2-4,8,11H2,1H3,(H,20,23). The first kappa shape index (κ1) is 17.0. The van der Waals surface area contributed by atoms with Crippen molar-refractivity contribution >= 4 is 27.5 Å². The van der Waals surface area contributed by atoms with Crippen LogP contribution in [-0.4, -0.2) is 35.4 Å². The van der Waals surface area contributed by atoms with E-state index in [-0.39, 0.29) is 5.91 Å². The molecule has 2 heterocycles. The Morgan fingerprint density at radius 2 is 2.38 bits per heavy atom. The summed E-state index contributed by atoms with van der Waals surface area (Å²) in [5.41, 5.74) is 1.05. The summed E-state index contributed by atoms with van der Waals surface area (Å²) in [6, 6.07) is 7.58. The summed E-state index contributed by atoms with van der Waals surface area (Å²) in [6.45, 7) is 4.38. The number of carbonyl (C=O) groups is 1. The number of nitrogens with zero attached hydrogens (tertiary/aromatic N) is 2. The molecule has 2 N–H and O–H groups in total. The average molecular weight is 393 g/mol. The maximum Gasteiger partial charge on any atom is 0.276 e. The molecule has 0 radical (unpaired) electrons. The first-order valence-electron chi connectivity index (χ1n) is 8.17. The predicted molar refractivity (Wildman–Crippen MR) is 96.6 cm³/mol. The molecule has 128 valence electrons. The molecule has 6 nitrogen and oxygen atoms in total. The van der Waals surface area contributed by atoms with Gasteiger partial charge in [-0.25, -0.2) is 0 Å². The number of amides is 1. The third-order valence-electron chi connectivity index (χ3n) is 3.98. The lowest BCUT2D eigenvalue weighted by molar-refractivity contribution is 0.102. The van der Waals surface area contributed by atoms with Gasteiger partial charge < -0.3 is 15.4 Å². The largest absolute Gasteiger partial charge is 0.492 e. The number of rotatable bonds is 5. The van der Waals surface area contributed by atoms with Gasteiger partial charge in [0.2, 0.25) is 0 Å². The Morgan fingerprint density at radius 1 is 1.50 bits per heavy atom. The lowest BCUT2D eigenvalue weighted by Gasteiger charge is -2.22. The van der Waals surface area contributed by atoms with Gasteiger partial charge in [-0.05, 0) is 50.6 Å². The van der Waals surface area contributed by atoms with Crippen molar-refractivity contribution in [3.63, 3.8) is 0 Å². The van der Waals surface area contributed by atoms with Gasteiger partial charge in [-0.1, -0.05) is 15.9 Å². The van der Waals surface area contributed by atoms with Crippen molar-refractivity contribution in [2.45, 2.75) is 25.8 Å². The molecule has 1 aromatic carbocycles. The molecule has 1 unspecified atom stereocenters. The Hall–Kier alpha value is -1.86. The van der Waals surface area contributed by atoms with E-state index < -0.39 is 0 Å². The third-order valence-corrected chi connectivity index (χ3v) is 4.47. The van der Waals surface area contributed by atoms with Gasteiger partial charge in [-0.2, -0.15) is 5.10 Å². The van der Waals surface area contributed by atoms with Crippen molar-refractivity contribution < 1.29 is 9.53 Å². The molecule has 0 aliphatic carbocycles. The van der Waals surface area contributed by atoms with Crippen LogP contribution in [0.4, 0.5) is 5.69 Å². The fourth-order valence-electron chi connectivity index (χ4n) is 2.78. The Morgan fingerprint density at radius 3 is 3.12 bits per heavy atom. The highest BCUT2D eigenvalue weighted by molar-refractivity contribution is 9.10. The summed E-state index contributed by atoms with van der Waals surface area (Å²) < 4.78 is 8.36. The monoisotopic (exact) mass is 392 g/mol. The highest BCUT2D eigenvalue weighted by Crippen LogP contribution is 2.28. The number of hydrogen-bond acceptors (Lipinski definition) is 4. The summed E-state index contributed by atoms with van der Waals surface area (Å²) in [6.07, 6.45) is 4.08. The van der Waals surface area contributed by atoms with Gasteiger partial charge in [-0.3, -0.25) is 9.48 Å². The second-order valence-corrected chi connectivity index (χ2v) is 6.62. The summed E-state index contributed by atoms with van der Waals surface area (Å²) in [5, 5.41) is 10.7. The molecule has 24 heavy (non-hydrogen) atoms. The SMILES string of the molecule is CCOc1cc(Br)ccc1NC(=O)c1ccn(C2CCCNC2)n1. The van der Waals surface area contributed by atoms with Gasteiger partial charge in [0.25, 0.3) is 5.91 Å². The van der Waals surface area contributed by atoms with Crippen LogP contribution in [0.25, 0.3) is 0 Å². The first-order valence-corrected chi connectivity index (χ1v) is 8.96. The van der Waals surface area contributed by atoms with Crippen LogP contribution in [0.15, 0.2) is 34.9 Å². The number of piperidine rings is 1. The van der Waals surface area contributed by atoms with Crippen LogP contribution < -0.4 is 15.4 Å². The quantitative estimate of drug-likeness (QED) is 0.819. The molecule has 1 atom stereocenters. The lowest BCUT2D eigenvalue weighted by atomic mass is 10.1. The molecule has 1 fully saturated rings. The Balaban J connectivity index is 1.72. The Labute approximate surface area is 149 Å². The van der Waals surface area contributed by atoms with Crippen LogP contribution in [0.5, 0.6) is 5.75 Å². The minimum Gasteiger partial charge on any atom is -0.492 e. The second kappa shape index (κ2) is 7.81. The maximum absolute atomic E-state index is 12.5. The zero-order valence-electron chi connectivity index (χ0n) is 13.6. The molecule has 1 aliphatic rings. The molecular formula is C17H21BrN4O2. The second-order valence-electron chi connectivity index (χ2n) is 5.71. The molecule has 7 heteroatoms. The number of benzene rings is 1. The van der Waals surface area contributed by atoms with Crippen molar-refractivity contribution in [1.29, 1.82) is 0 Å². The van der Waals surface area contributed by atoms with Crippen molar-refractivity contribution in [2.24, 2.45) is 0 Å². The predicted octanol–water partition coefficient (Wildman–Crippen LogP) is 3.22. The van der Waals surface area contributed by atoms with E-state index in [1.54, 1.807) is 6.07 Å². The van der Waals surface area contributed by atoms with Crippen molar-refractivity contribution in [3.8, 4) is 5.75 Å². The number of hydrogen-bond donors (Lipinski definition) is 2. The molecule has 2 aromatic rings. The van der Waals surface area contributed by atoms with Gasteiger partial charge in [0, 0.05) is 17.2 Å². The summed E-state index contributed by atoms with van der Waals surface area (Å²) >= 11 is 3.41. The van der Waals surface area contributed by atoms with E-state index >= 15 is 0 Å². The minimum atomic E-state index is -0.235. The van der Waals surface area contributed by atoms with Crippen molar-refractivity contribution in [3.05, 3.63) is 40.6 Å². The zero-order chi connectivity index (χ0) is 16.9. The fourth-order valence-corrected chi connectivity index (χ4v) is 3.12. The summed E-state index contributed by atoms with van der Waals surface area (Å²) in [5.74, 6) is 0.400. The number of nitrogens with one attached hydrogen (secondary N) is 2. The van der Waals surface area contributed by atoms with E-state index in [0.717, 1.165) is 30.4 Å². The van der Waals surface area contributed by atoms with Crippen LogP contribution in [0.3, 0.4) is 0 Å². The van der Waals surface area contributed by atoms with Crippen LogP contribution in [0, 0.1) is 0 Å². The number of aromatic nitrogens is 2. The van der Waals surface area contributed by atoms with Crippen molar-refractivity contribution in [1.82, 2.24) is 15.1 Å². The van der Waals surface area contributed by atoms with Gasteiger partial charge in [-0.15, -0.1) is 0 Å². The molecule has 0 spiro atoms. The number of halogens is 1. The van der Waals surface area contributed by atoms with Gasteiger partial charge in [0.1, 0.15) is 5.75 Å². The van der Waals surface area contributed by atoms with Gasteiger partial charge in [0.05, 0.1) is 18.3 Å². The molecule has 1 amide bonds. The molecule has 3 rings (SSSR count). The average Bonchev–Trinajstić information content (AvgIpc) is 3.08. The molecular weight excluding hydrogens is 372 g/mol. The van der Waals surface area contributed by atoms with Crippen LogP contribution >= 0.6 is 15.9 Å². The molecule has 1 aromatic heterocycles. The van der Waals surface area contributed by atoms with Gasteiger partial charge in [0.15, 0.2) is 5.69 Å². The van der Waals surface area contributed by atoms with E-state index in [2.05, 4.69) is 31.7 Å². The fraction of sp³-hybridized carbons (Fsp3) is 0.412. The molecule has 1 aliphatic heterocycles. The van der Waals surface area contributed by atoms with Crippen LogP contribution in [-0.2, 0) is 0 Å². The third kappa shape index (κ3) is 3.96. The van der Waals surface area contributed by atoms with E-state index in [0.29, 0.717) is 29.8 Å². The van der Waals surface area contributed by atoms with E-state index in [9.17, 15) is 4.79 Å². The first-order chi connectivity index (χ1) is 11.7. The van der Waals surface area contributed by atoms with Gasteiger partial charge >= 0.3 is 0 Å². The molecule has 1 saturated heterocycles. The number of anilines is 1. The van der Waals surface area contributed by atoms with Crippen LogP contribution in [0.1, 0.15) is 36.3 Å². The van der Waals surface area contributed by atoms with Crippen LogP contribution in [0.2, 0.25) is 0 Å². The van der Waals surface area contributed by atoms with E-state index in [1.165, 1.54) is 0 Å². The number of carbonyl (C=O) groups excluding carboxylic acids is 1. The maximum atomic E-state index is 12.5. The minimum absolute atomic E-state index is 0.235. The highest BCUT2D eigenvalue weighted by atomic mass is 79.9. The highest BCUT2D eigenvalue weighted by Gasteiger charge is 2.18. The lowest BCUT2D eigenvalue weighted by Crippen LogP contribution is -2.32. The van der Waals surface area contributed by atoms with E-state index in [1.807, 2.05) is 36.0 Å². The Kier molecular flexibility index (Phi) is 5.52. The Bertz CT molecular complexity index is 710. The molecule has 0 bridgehead atoms. The van der Waals surface area contributed by atoms with E-state index in [4.69, 9.17) is 4.74 Å². The molecule has 0 saturated carbocycles. The normalized spacial score (nSPS) is 17.5. The smallest absolute Gasteiger partial charge is 0.276 e. The summed E-state index contributed by atoms with van der Waals surface area (Å²) in [7, 11) is 0.